The lowest BCUT2D eigenvalue weighted by Gasteiger charge is -2.11. The van der Waals surface area contributed by atoms with Crippen LogP contribution in [0, 0.1) is 0 Å². The zero-order chi connectivity index (χ0) is 19.6. The Morgan fingerprint density at radius 3 is 2.69 bits per heavy atom. The molecule has 0 unspecified atom stereocenters. The molecule has 2 N–H and O–H groups in total. The van der Waals surface area contributed by atoms with Crippen LogP contribution in [0.4, 0.5) is 17.5 Å². The number of hydrogen-bond donors (Lipinski definition) is 2. The second-order valence-electron chi connectivity index (χ2n) is 6.70. The normalized spacial score (nSPS) is 11.5. The Labute approximate surface area is 173 Å². The Hall–Kier alpha value is -3.51. The number of nitrogens with zero attached hydrogens (tertiary/aromatic N) is 4. The third-order valence-electron chi connectivity index (χ3n) is 4.83. The monoisotopic (exact) mass is 400 g/mol. The number of hydrogen-bond acceptors (Lipinski definition) is 6. The van der Waals surface area contributed by atoms with Crippen molar-refractivity contribution < 1.29 is 0 Å². The summed E-state index contributed by atoms with van der Waals surface area (Å²) in [5.74, 6) is 1.34. The number of rotatable bonds is 4. The van der Waals surface area contributed by atoms with E-state index in [4.69, 9.17) is 16.6 Å². The molecular formula is C22H17ClN6. The van der Waals surface area contributed by atoms with Crippen molar-refractivity contribution >= 4 is 29.1 Å². The first-order valence-electron chi connectivity index (χ1n) is 9.30. The molecule has 1 aliphatic rings. The molecule has 0 aliphatic carbocycles. The fraction of sp³-hybridized carbons (Fsp3) is 0.0909. The molecule has 142 valence electrons. The van der Waals surface area contributed by atoms with E-state index in [0.717, 1.165) is 51.9 Å². The first-order valence-corrected chi connectivity index (χ1v) is 9.68. The van der Waals surface area contributed by atoms with Crippen molar-refractivity contribution in [2.75, 3.05) is 17.2 Å². The van der Waals surface area contributed by atoms with E-state index in [1.807, 2.05) is 48.7 Å². The molecule has 0 radical (unpaired) electrons. The van der Waals surface area contributed by atoms with Gasteiger partial charge in [0.25, 0.3) is 0 Å². The molecule has 4 aromatic rings. The van der Waals surface area contributed by atoms with Crippen molar-refractivity contribution in [3.8, 4) is 22.4 Å². The van der Waals surface area contributed by atoms with Crippen LogP contribution in [0.15, 0.2) is 67.3 Å². The van der Waals surface area contributed by atoms with Gasteiger partial charge in [0.05, 0.1) is 17.6 Å². The molecule has 0 saturated carbocycles. The van der Waals surface area contributed by atoms with Crippen LogP contribution in [0.3, 0.4) is 0 Å². The first-order chi connectivity index (χ1) is 14.3. The molecule has 0 amide bonds. The number of nitrogens with one attached hydrogen (secondary N) is 2. The minimum Gasteiger partial charge on any atom is -0.354 e. The molecule has 4 heterocycles. The predicted octanol–water partition coefficient (Wildman–Crippen LogP) is 4.97. The summed E-state index contributed by atoms with van der Waals surface area (Å²) in [6, 6.07) is 13.7. The number of aromatic nitrogens is 4. The third-order valence-corrected chi connectivity index (χ3v) is 5.08. The summed E-state index contributed by atoms with van der Waals surface area (Å²) in [7, 11) is 0. The van der Waals surface area contributed by atoms with E-state index in [1.54, 1.807) is 18.6 Å². The SMILES string of the molecule is Clc1ccc(CCNc2ncc3c(n2)-c2cccnc2Nc2cnccc2-3)cc1. The summed E-state index contributed by atoms with van der Waals surface area (Å²) < 4.78 is 0. The van der Waals surface area contributed by atoms with Gasteiger partial charge in [0.1, 0.15) is 5.82 Å². The maximum atomic E-state index is 5.95. The van der Waals surface area contributed by atoms with E-state index in [2.05, 4.69) is 25.6 Å². The van der Waals surface area contributed by atoms with Gasteiger partial charge in [0.2, 0.25) is 5.95 Å². The fourth-order valence-corrected chi connectivity index (χ4v) is 3.52. The molecule has 0 atom stereocenters. The highest BCUT2D eigenvalue weighted by atomic mass is 35.5. The molecule has 0 spiro atoms. The van der Waals surface area contributed by atoms with Crippen LogP contribution in [-0.4, -0.2) is 26.5 Å². The van der Waals surface area contributed by atoms with Crippen LogP contribution >= 0.6 is 11.6 Å². The topological polar surface area (TPSA) is 75.6 Å². The predicted molar refractivity (Wildman–Crippen MR) is 115 cm³/mol. The Balaban J connectivity index is 1.47. The Bertz CT molecular complexity index is 1180. The van der Waals surface area contributed by atoms with Crippen LogP contribution in [0.5, 0.6) is 0 Å². The van der Waals surface area contributed by atoms with Crippen LogP contribution < -0.4 is 10.6 Å². The maximum absolute atomic E-state index is 5.95. The molecule has 0 fully saturated rings. The largest absolute Gasteiger partial charge is 0.354 e. The van der Waals surface area contributed by atoms with E-state index in [0.29, 0.717) is 5.95 Å². The number of halogens is 1. The zero-order valence-corrected chi connectivity index (χ0v) is 16.2. The van der Waals surface area contributed by atoms with Gasteiger partial charge in [-0.05, 0) is 42.3 Å². The minimum atomic E-state index is 0.588. The second kappa shape index (κ2) is 7.48. The van der Waals surface area contributed by atoms with Crippen LogP contribution in [0.1, 0.15) is 5.56 Å². The zero-order valence-electron chi connectivity index (χ0n) is 15.4. The maximum Gasteiger partial charge on any atom is 0.223 e. The summed E-state index contributed by atoms with van der Waals surface area (Å²) in [5, 5.41) is 7.43. The van der Waals surface area contributed by atoms with Gasteiger partial charge in [-0.15, -0.1) is 0 Å². The molecular weight excluding hydrogens is 384 g/mol. The van der Waals surface area contributed by atoms with E-state index >= 15 is 0 Å². The van der Waals surface area contributed by atoms with Crippen LogP contribution in [0.2, 0.25) is 5.02 Å². The summed E-state index contributed by atoms with van der Waals surface area (Å²) in [5.41, 5.74) is 5.82. The summed E-state index contributed by atoms with van der Waals surface area (Å²) in [6.07, 6.45) is 8.04. The molecule has 5 rings (SSSR count). The smallest absolute Gasteiger partial charge is 0.223 e. The Morgan fingerprint density at radius 1 is 0.897 bits per heavy atom. The molecule has 6 nitrogen and oxygen atoms in total. The number of benzene rings is 1. The van der Waals surface area contributed by atoms with Crippen LogP contribution in [-0.2, 0) is 6.42 Å². The van der Waals surface area contributed by atoms with Crippen LogP contribution in [0.25, 0.3) is 22.4 Å². The number of fused-ring (bicyclic) bond motifs is 5. The average Bonchev–Trinajstić information content (AvgIpc) is 2.89. The van der Waals surface area contributed by atoms with Crippen molar-refractivity contribution in [3.05, 3.63) is 77.8 Å². The fourth-order valence-electron chi connectivity index (χ4n) is 3.39. The van der Waals surface area contributed by atoms with Gasteiger partial charge < -0.3 is 10.6 Å². The molecule has 29 heavy (non-hydrogen) atoms. The lowest BCUT2D eigenvalue weighted by atomic mass is 10.0. The standard InChI is InChI=1S/C22H17ClN6/c23-15-5-3-14(4-6-15)7-11-26-22-27-12-18-16-8-10-24-13-19(16)28-21-17(20(18)29-22)2-1-9-25-21/h1-6,8-10,12-13H,7,11H2,(H,25,28)(H,26,27,29). The molecule has 0 bridgehead atoms. The van der Waals surface area contributed by atoms with E-state index < -0.39 is 0 Å². The lowest BCUT2D eigenvalue weighted by molar-refractivity contribution is 0.985. The van der Waals surface area contributed by atoms with Gasteiger partial charge in [0, 0.05) is 46.8 Å². The van der Waals surface area contributed by atoms with Crippen molar-refractivity contribution in [3.63, 3.8) is 0 Å². The number of pyridine rings is 2. The molecule has 7 heteroatoms. The van der Waals surface area contributed by atoms with Crippen molar-refractivity contribution in [2.24, 2.45) is 0 Å². The summed E-state index contributed by atoms with van der Waals surface area (Å²) in [6.45, 7) is 0.721. The highest BCUT2D eigenvalue weighted by molar-refractivity contribution is 6.30. The van der Waals surface area contributed by atoms with E-state index in [1.165, 1.54) is 5.56 Å². The van der Waals surface area contributed by atoms with Crippen molar-refractivity contribution in [1.29, 1.82) is 0 Å². The lowest BCUT2D eigenvalue weighted by Crippen LogP contribution is -2.08. The minimum absolute atomic E-state index is 0.588. The molecule has 1 aromatic carbocycles. The van der Waals surface area contributed by atoms with E-state index in [9.17, 15) is 0 Å². The summed E-state index contributed by atoms with van der Waals surface area (Å²) in [4.78, 5) is 18.1. The van der Waals surface area contributed by atoms with Crippen molar-refractivity contribution in [2.45, 2.75) is 6.42 Å². The molecule has 3 aromatic heterocycles. The number of anilines is 3. The second-order valence-corrected chi connectivity index (χ2v) is 7.14. The van der Waals surface area contributed by atoms with Gasteiger partial charge >= 0.3 is 0 Å². The highest BCUT2D eigenvalue weighted by Gasteiger charge is 2.21. The molecule has 0 saturated heterocycles. The average molecular weight is 401 g/mol. The van der Waals surface area contributed by atoms with Gasteiger partial charge in [-0.25, -0.2) is 15.0 Å². The van der Waals surface area contributed by atoms with Gasteiger partial charge in [-0.2, -0.15) is 0 Å². The first kappa shape index (κ1) is 17.6. The quantitative estimate of drug-likeness (QED) is 0.443. The summed E-state index contributed by atoms with van der Waals surface area (Å²) >= 11 is 5.95. The van der Waals surface area contributed by atoms with Gasteiger partial charge in [-0.1, -0.05) is 23.7 Å². The molecule has 1 aliphatic heterocycles. The Kier molecular flexibility index (Phi) is 4.54. The highest BCUT2D eigenvalue weighted by Crippen LogP contribution is 2.41. The van der Waals surface area contributed by atoms with Gasteiger partial charge in [-0.3, -0.25) is 4.98 Å². The van der Waals surface area contributed by atoms with E-state index in [-0.39, 0.29) is 0 Å². The van der Waals surface area contributed by atoms with Gasteiger partial charge in [0.15, 0.2) is 0 Å². The third kappa shape index (κ3) is 3.50. The van der Waals surface area contributed by atoms with Crippen molar-refractivity contribution in [1.82, 2.24) is 19.9 Å². The Morgan fingerprint density at radius 2 is 1.79 bits per heavy atom.